The van der Waals surface area contributed by atoms with Gasteiger partial charge < -0.3 is 10.6 Å². The average Bonchev–Trinajstić information content (AvgIpc) is 2.59. The summed E-state index contributed by atoms with van der Waals surface area (Å²) in [5, 5.41) is 6.84. The van der Waals surface area contributed by atoms with Gasteiger partial charge in [-0.15, -0.1) is 24.0 Å². The van der Waals surface area contributed by atoms with Crippen molar-refractivity contribution in [2.45, 2.75) is 25.8 Å². The molecule has 0 aromatic heterocycles. The summed E-state index contributed by atoms with van der Waals surface area (Å²) in [6.45, 7) is 5.21. The second-order valence-corrected chi connectivity index (χ2v) is 5.54. The lowest BCUT2D eigenvalue weighted by Crippen LogP contribution is -2.40. The minimum atomic E-state index is 0. The van der Waals surface area contributed by atoms with E-state index in [4.69, 9.17) is 0 Å². The summed E-state index contributed by atoms with van der Waals surface area (Å²) in [6, 6.07) is 21.1. The first-order chi connectivity index (χ1) is 10.7. The van der Waals surface area contributed by atoms with Crippen LogP contribution >= 0.6 is 24.0 Å². The van der Waals surface area contributed by atoms with Crippen molar-refractivity contribution in [3.63, 3.8) is 0 Å². The molecule has 3 nitrogen and oxygen atoms in total. The van der Waals surface area contributed by atoms with E-state index >= 15 is 0 Å². The zero-order valence-corrected chi connectivity index (χ0v) is 16.3. The van der Waals surface area contributed by atoms with E-state index in [1.807, 2.05) is 12.1 Å². The molecule has 2 N–H and O–H groups in total. The zero-order valence-electron chi connectivity index (χ0n) is 14.0. The first-order valence-electron chi connectivity index (χ1n) is 7.77. The number of hydrogen-bond acceptors (Lipinski definition) is 1. The Morgan fingerprint density at radius 1 is 0.913 bits per heavy atom. The maximum atomic E-state index is 4.31. The van der Waals surface area contributed by atoms with Gasteiger partial charge in [0.15, 0.2) is 5.96 Å². The standard InChI is InChI=1S/C19H25N3.HI/c1-15(17-10-6-4-7-11-17)14-21-19(20-3)22-16(2)18-12-8-5-9-13-18;/h4-13,15-16H,14H2,1-3H3,(H2,20,21,22);1H. The highest BCUT2D eigenvalue weighted by atomic mass is 127. The zero-order chi connectivity index (χ0) is 15.8. The van der Waals surface area contributed by atoms with Gasteiger partial charge in [-0.2, -0.15) is 0 Å². The number of hydrogen-bond donors (Lipinski definition) is 2. The van der Waals surface area contributed by atoms with Gasteiger partial charge in [-0.1, -0.05) is 67.6 Å². The Morgan fingerprint density at radius 3 is 1.96 bits per heavy atom. The van der Waals surface area contributed by atoms with Crippen molar-refractivity contribution in [3.05, 3.63) is 71.8 Å². The van der Waals surface area contributed by atoms with E-state index in [2.05, 4.69) is 78.0 Å². The molecule has 124 valence electrons. The highest BCUT2D eigenvalue weighted by Crippen LogP contribution is 2.13. The lowest BCUT2D eigenvalue weighted by molar-refractivity contribution is 0.658. The fraction of sp³-hybridized carbons (Fsp3) is 0.316. The van der Waals surface area contributed by atoms with Crippen LogP contribution in [0.5, 0.6) is 0 Å². The quantitative estimate of drug-likeness (QED) is 0.427. The van der Waals surface area contributed by atoms with Gasteiger partial charge in [0.2, 0.25) is 0 Å². The Bertz CT molecular complexity index is 584. The Kier molecular flexibility index (Phi) is 8.69. The van der Waals surface area contributed by atoms with Gasteiger partial charge >= 0.3 is 0 Å². The van der Waals surface area contributed by atoms with E-state index in [0.717, 1.165) is 12.5 Å². The molecule has 0 spiro atoms. The van der Waals surface area contributed by atoms with E-state index in [0.29, 0.717) is 5.92 Å². The van der Waals surface area contributed by atoms with Crippen molar-refractivity contribution in [2.75, 3.05) is 13.6 Å². The summed E-state index contributed by atoms with van der Waals surface area (Å²) >= 11 is 0. The number of halogens is 1. The van der Waals surface area contributed by atoms with Gasteiger partial charge in [0.1, 0.15) is 0 Å². The molecule has 0 aliphatic rings. The molecule has 0 fully saturated rings. The van der Waals surface area contributed by atoms with Gasteiger partial charge in [-0.05, 0) is 24.0 Å². The van der Waals surface area contributed by atoms with Crippen LogP contribution in [0, 0.1) is 0 Å². The van der Waals surface area contributed by atoms with E-state index in [1.165, 1.54) is 11.1 Å². The van der Waals surface area contributed by atoms with Crippen LogP contribution in [0.1, 0.15) is 36.9 Å². The maximum absolute atomic E-state index is 4.31. The summed E-state index contributed by atoms with van der Waals surface area (Å²) < 4.78 is 0. The number of rotatable bonds is 5. The lowest BCUT2D eigenvalue weighted by Gasteiger charge is -2.20. The molecule has 2 aromatic carbocycles. The van der Waals surface area contributed by atoms with Crippen molar-refractivity contribution < 1.29 is 0 Å². The normalized spacial score (nSPS) is 13.6. The fourth-order valence-electron chi connectivity index (χ4n) is 2.37. The minimum Gasteiger partial charge on any atom is -0.356 e. The number of aliphatic imine (C=N–C) groups is 1. The van der Waals surface area contributed by atoms with Crippen LogP contribution in [0.25, 0.3) is 0 Å². The highest BCUT2D eigenvalue weighted by molar-refractivity contribution is 14.0. The Hall–Kier alpha value is -1.56. The van der Waals surface area contributed by atoms with Crippen LogP contribution in [0.15, 0.2) is 65.7 Å². The second kappa shape index (κ2) is 10.3. The number of nitrogens with one attached hydrogen (secondary N) is 2. The van der Waals surface area contributed by atoms with Gasteiger partial charge in [-0.25, -0.2) is 0 Å². The third-order valence-electron chi connectivity index (χ3n) is 3.82. The molecule has 4 heteroatoms. The molecule has 0 heterocycles. The number of benzene rings is 2. The van der Waals surface area contributed by atoms with Crippen LogP contribution in [-0.4, -0.2) is 19.6 Å². The molecular formula is C19H26IN3. The molecule has 0 saturated carbocycles. The number of nitrogens with zero attached hydrogens (tertiary/aromatic N) is 1. The van der Waals surface area contributed by atoms with Crippen molar-refractivity contribution in [3.8, 4) is 0 Å². The van der Waals surface area contributed by atoms with Gasteiger partial charge in [0.25, 0.3) is 0 Å². The van der Waals surface area contributed by atoms with Crippen LogP contribution < -0.4 is 10.6 Å². The molecule has 23 heavy (non-hydrogen) atoms. The first-order valence-corrected chi connectivity index (χ1v) is 7.77. The molecule has 0 aliphatic carbocycles. The van der Waals surface area contributed by atoms with Crippen LogP contribution in [0.3, 0.4) is 0 Å². The molecule has 2 unspecified atom stereocenters. The molecule has 2 aromatic rings. The molecule has 0 amide bonds. The van der Waals surface area contributed by atoms with Crippen LogP contribution in [0.2, 0.25) is 0 Å². The largest absolute Gasteiger partial charge is 0.356 e. The smallest absolute Gasteiger partial charge is 0.191 e. The Morgan fingerprint density at radius 2 is 1.43 bits per heavy atom. The van der Waals surface area contributed by atoms with E-state index in [1.54, 1.807) is 7.05 Å². The van der Waals surface area contributed by atoms with Crippen molar-refractivity contribution in [2.24, 2.45) is 4.99 Å². The Balaban J connectivity index is 0.00000264. The fourth-order valence-corrected chi connectivity index (χ4v) is 2.37. The van der Waals surface area contributed by atoms with Crippen LogP contribution in [0.4, 0.5) is 0 Å². The summed E-state index contributed by atoms with van der Waals surface area (Å²) in [4.78, 5) is 4.31. The van der Waals surface area contributed by atoms with Crippen molar-refractivity contribution >= 4 is 29.9 Å². The minimum absolute atomic E-state index is 0. The van der Waals surface area contributed by atoms with Gasteiger partial charge in [0.05, 0.1) is 6.04 Å². The Labute approximate surface area is 156 Å². The van der Waals surface area contributed by atoms with Gasteiger partial charge in [0, 0.05) is 13.6 Å². The molecule has 0 radical (unpaired) electrons. The van der Waals surface area contributed by atoms with Gasteiger partial charge in [-0.3, -0.25) is 4.99 Å². The summed E-state index contributed by atoms with van der Waals surface area (Å²) in [5.41, 5.74) is 2.59. The maximum Gasteiger partial charge on any atom is 0.191 e. The van der Waals surface area contributed by atoms with E-state index in [-0.39, 0.29) is 30.0 Å². The lowest BCUT2D eigenvalue weighted by atomic mass is 10.0. The summed E-state index contributed by atoms with van der Waals surface area (Å²) in [5.74, 6) is 1.27. The summed E-state index contributed by atoms with van der Waals surface area (Å²) in [6.07, 6.45) is 0. The van der Waals surface area contributed by atoms with Crippen LogP contribution in [-0.2, 0) is 0 Å². The van der Waals surface area contributed by atoms with E-state index < -0.39 is 0 Å². The monoisotopic (exact) mass is 423 g/mol. The first kappa shape index (κ1) is 19.5. The topological polar surface area (TPSA) is 36.4 Å². The third kappa shape index (κ3) is 6.22. The SMILES string of the molecule is CN=C(NCC(C)c1ccccc1)NC(C)c1ccccc1.I. The molecule has 2 atom stereocenters. The number of guanidine groups is 1. The molecular weight excluding hydrogens is 397 g/mol. The van der Waals surface area contributed by atoms with Crippen molar-refractivity contribution in [1.29, 1.82) is 0 Å². The summed E-state index contributed by atoms with van der Waals surface area (Å²) in [7, 11) is 1.81. The predicted molar refractivity (Wildman–Crippen MR) is 110 cm³/mol. The van der Waals surface area contributed by atoms with E-state index in [9.17, 15) is 0 Å². The molecule has 0 bridgehead atoms. The molecule has 2 rings (SSSR count). The van der Waals surface area contributed by atoms with Crippen molar-refractivity contribution in [1.82, 2.24) is 10.6 Å². The highest BCUT2D eigenvalue weighted by Gasteiger charge is 2.09. The second-order valence-electron chi connectivity index (χ2n) is 5.54. The molecule has 0 aliphatic heterocycles. The third-order valence-corrected chi connectivity index (χ3v) is 3.82. The molecule has 0 saturated heterocycles. The predicted octanol–water partition coefficient (Wildman–Crippen LogP) is 4.33. The average molecular weight is 423 g/mol.